The Morgan fingerprint density at radius 2 is 1.64 bits per heavy atom. The number of hydrogen-bond acceptors (Lipinski definition) is 0. The molecule has 0 fully saturated rings. The minimum atomic E-state index is 0. The Morgan fingerprint density at radius 1 is 1.45 bits per heavy atom. The van der Waals surface area contributed by atoms with Gasteiger partial charge in [-0.05, 0) is 19.3 Å². The molecular formula is C11H24. The van der Waals surface area contributed by atoms with Crippen LogP contribution in [0.15, 0.2) is 24.8 Å². The average molecular weight is 156 g/mol. The summed E-state index contributed by atoms with van der Waals surface area (Å²) in [6, 6.07) is 0. The summed E-state index contributed by atoms with van der Waals surface area (Å²) >= 11 is 0. The molecule has 0 saturated carbocycles. The highest BCUT2D eigenvalue weighted by Crippen LogP contribution is 1.88. The van der Waals surface area contributed by atoms with E-state index in [2.05, 4.69) is 33.9 Å². The van der Waals surface area contributed by atoms with Crippen molar-refractivity contribution in [2.75, 3.05) is 0 Å². The Labute approximate surface area is 73.0 Å². The summed E-state index contributed by atoms with van der Waals surface area (Å²) in [7, 11) is 0. The van der Waals surface area contributed by atoms with Crippen molar-refractivity contribution in [2.24, 2.45) is 5.92 Å². The Hall–Kier alpha value is -0.520. The van der Waals surface area contributed by atoms with E-state index in [4.69, 9.17) is 0 Å². The highest BCUT2D eigenvalue weighted by Gasteiger charge is 1.73. The first-order valence-electron chi connectivity index (χ1n) is 3.81. The van der Waals surface area contributed by atoms with Gasteiger partial charge in [0.1, 0.15) is 0 Å². The van der Waals surface area contributed by atoms with Gasteiger partial charge in [-0.15, -0.1) is 13.2 Å². The van der Waals surface area contributed by atoms with Crippen LogP contribution in [0.3, 0.4) is 0 Å². The lowest BCUT2D eigenvalue weighted by atomic mass is 10.2. The molecule has 0 heterocycles. The van der Waals surface area contributed by atoms with Gasteiger partial charge in [0.2, 0.25) is 0 Å². The first kappa shape index (κ1) is 16.8. The summed E-state index contributed by atoms with van der Waals surface area (Å²) < 4.78 is 0. The van der Waals surface area contributed by atoms with Gasteiger partial charge in [-0.1, -0.05) is 39.8 Å². The van der Waals surface area contributed by atoms with E-state index in [1.807, 2.05) is 13.0 Å². The number of hydrogen-bond donors (Lipinski definition) is 0. The summed E-state index contributed by atoms with van der Waals surface area (Å²) in [5, 5.41) is 0. The van der Waals surface area contributed by atoms with Crippen molar-refractivity contribution in [3.05, 3.63) is 24.8 Å². The van der Waals surface area contributed by atoms with Crippen LogP contribution in [0.2, 0.25) is 0 Å². The number of rotatable bonds is 2. The average Bonchev–Trinajstić information content (AvgIpc) is 1.89. The van der Waals surface area contributed by atoms with Crippen molar-refractivity contribution in [3.8, 4) is 0 Å². The quantitative estimate of drug-likeness (QED) is 0.519. The molecule has 0 nitrogen and oxygen atoms in total. The lowest BCUT2D eigenvalue weighted by Gasteiger charge is -1.84. The Balaban J connectivity index is -0.000000107. The summed E-state index contributed by atoms with van der Waals surface area (Å²) in [5.74, 6) is 0.648. The van der Waals surface area contributed by atoms with Crippen molar-refractivity contribution in [1.82, 2.24) is 0 Å². The topological polar surface area (TPSA) is 0 Å². The van der Waals surface area contributed by atoms with Gasteiger partial charge in [0.15, 0.2) is 0 Å². The standard InChI is InChI=1S/2C5H10.CH4/c2*1-4-5(2)3;/h2,4H2,1,3H3;4-5H,1H2,2-3H3;1H4. The normalized spacial score (nSPS) is 7.36. The molecule has 0 saturated heterocycles. The molecule has 0 unspecified atom stereocenters. The zero-order chi connectivity index (χ0) is 8.57. The van der Waals surface area contributed by atoms with E-state index >= 15 is 0 Å². The van der Waals surface area contributed by atoms with Crippen molar-refractivity contribution in [2.45, 2.75) is 41.5 Å². The predicted octanol–water partition coefficient (Wildman–Crippen LogP) is 4.44. The van der Waals surface area contributed by atoms with Crippen molar-refractivity contribution in [1.29, 1.82) is 0 Å². The van der Waals surface area contributed by atoms with E-state index < -0.39 is 0 Å². The SMILES string of the molecule is C.C=C(C)CC.C=CC(C)C. The van der Waals surface area contributed by atoms with Crippen LogP contribution in [-0.2, 0) is 0 Å². The van der Waals surface area contributed by atoms with Gasteiger partial charge >= 0.3 is 0 Å². The van der Waals surface area contributed by atoms with Gasteiger partial charge in [-0.2, -0.15) is 0 Å². The molecule has 0 amide bonds. The van der Waals surface area contributed by atoms with Crippen LogP contribution < -0.4 is 0 Å². The van der Waals surface area contributed by atoms with E-state index in [0.717, 1.165) is 6.42 Å². The number of allylic oxidation sites excluding steroid dienone is 2. The van der Waals surface area contributed by atoms with Crippen molar-refractivity contribution in [3.63, 3.8) is 0 Å². The van der Waals surface area contributed by atoms with Crippen LogP contribution in [0.4, 0.5) is 0 Å². The fraction of sp³-hybridized carbons (Fsp3) is 0.636. The molecule has 0 bridgehead atoms. The molecule has 11 heavy (non-hydrogen) atoms. The van der Waals surface area contributed by atoms with Gasteiger partial charge < -0.3 is 0 Å². The van der Waals surface area contributed by atoms with Crippen LogP contribution in [0.1, 0.15) is 41.5 Å². The lowest BCUT2D eigenvalue weighted by Crippen LogP contribution is -1.71. The van der Waals surface area contributed by atoms with Crippen LogP contribution in [0, 0.1) is 5.92 Å². The minimum Gasteiger partial charge on any atom is -0.103 e. The zero-order valence-electron chi connectivity index (χ0n) is 7.78. The summed E-state index contributed by atoms with van der Waals surface area (Å²) in [4.78, 5) is 0. The van der Waals surface area contributed by atoms with Crippen LogP contribution in [0.5, 0.6) is 0 Å². The predicted molar refractivity (Wildman–Crippen MR) is 56.9 cm³/mol. The molecule has 0 rings (SSSR count). The highest BCUT2D eigenvalue weighted by atomic mass is 13.8. The molecule has 0 atom stereocenters. The molecule has 0 N–H and O–H groups in total. The molecule has 0 radical (unpaired) electrons. The molecule has 68 valence electrons. The Morgan fingerprint density at radius 3 is 1.64 bits per heavy atom. The third-order valence-corrected chi connectivity index (χ3v) is 1.07. The largest absolute Gasteiger partial charge is 0.103 e. The minimum absolute atomic E-state index is 0. The molecule has 0 aliphatic heterocycles. The molecule has 0 aromatic heterocycles. The van der Waals surface area contributed by atoms with E-state index in [0.29, 0.717) is 5.92 Å². The molecular weight excluding hydrogens is 132 g/mol. The van der Waals surface area contributed by atoms with E-state index in [1.165, 1.54) is 5.57 Å². The summed E-state index contributed by atoms with van der Waals surface area (Å²) in [6.07, 6.45) is 3.03. The van der Waals surface area contributed by atoms with Crippen LogP contribution in [-0.4, -0.2) is 0 Å². The second-order valence-corrected chi connectivity index (χ2v) is 2.79. The highest BCUT2D eigenvalue weighted by molar-refractivity contribution is 4.84. The second kappa shape index (κ2) is 12.2. The van der Waals surface area contributed by atoms with Gasteiger partial charge in [0, 0.05) is 0 Å². The zero-order valence-corrected chi connectivity index (χ0v) is 7.78. The Bertz CT molecular complexity index is 88.2. The maximum Gasteiger partial charge on any atom is -0.0293 e. The third-order valence-electron chi connectivity index (χ3n) is 1.07. The second-order valence-electron chi connectivity index (χ2n) is 2.79. The monoisotopic (exact) mass is 156 g/mol. The fourth-order valence-electron chi connectivity index (χ4n) is 0. The van der Waals surface area contributed by atoms with Crippen molar-refractivity contribution < 1.29 is 0 Å². The lowest BCUT2D eigenvalue weighted by molar-refractivity contribution is 0.835. The van der Waals surface area contributed by atoms with Crippen LogP contribution >= 0.6 is 0 Å². The van der Waals surface area contributed by atoms with Crippen LogP contribution in [0.25, 0.3) is 0 Å². The molecule has 0 aromatic carbocycles. The van der Waals surface area contributed by atoms with Gasteiger partial charge in [-0.25, -0.2) is 0 Å². The van der Waals surface area contributed by atoms with Gasteiger partial charge in [0.05, 0.1) is 0 Å². The van der Waals surface area contributed by atoms with Gasteiger partial charge in [-0.3, -0.25) is 0 Å². The first-order valence-corrected chi connectivity index (χ1v) is 3.81. The molecule has 0 heteroatoms. The van der Waals surface area contributed by atoms with Gasteiger partial charge in [0.25, 0.3) is 0 Å². The molecule has 0 aromatic rings. The maximum absolute atomic E-state index is 3.67. The molecule has 0 aliphatic carbocycles. The fourth-order valence-corrected chi connectivity index (χ4v) is 0. The van der Waals surface area contributed by atoms with E-state index in [9.17, 15) is 0 Å². The summed E-state index contributed by atoms with van der Waals surface area (Å²) in [5.41, 5.74) is 1.25. The smallest absolute Gasteiger partial charge is 0.0293 e. The van der Waals surface area contributed by atoms with Crippen molar-refractivity contribution >= 4 is 0 Å². The first-order chi connectivity index (χ1) is 4.54. The maximum atomic E-state index is 3.67. The van der Waals surface area contributed by atoms with E-state index in [-0.39, 0.29) is 7.43 Å². The third kappa shape index (κ3) is 43.8. The van der Waals surface area contributed by atoms with E-state index in [1.54, 1.807) is 0 Å². The summed E-state index contributed by atoms with van der Waals surface area (Å²) in [6.45, 7) is 15.6. The molecule has 0 spiro atoms. The Kier molecular flexibility index (Phi) is 18.6. The molecule has 0 aliphatic rings.